The standard InChI is InChI=1S/C9H8N6S/c1-5-12-13-9-15(5)14-8(16-9)7-3-2-6(10)4-11-7/h2-4H,10H2,1H3. The molecule has 0 aliphatic carbocycles. The summed E-state index contributed by atoms with van der Waals surface area (Å²) in [4.78, 5) is 4.98. The molecule has 0 saturated carbocycles. The molecule has 0 amide bonds. The molecule has 0 unspecified atom stereocenters. The number of nitrogen functional groups attached to an aromatic ring is 1. The van der Waals surface area contributed by atoms with Crippen molar-refractivity contribution in [2.75, 3.05) is 5.73 Å². The number of hydrogen-bond donors (Lipinski definition) is 1. The van der Waals surface area contributed by atoms with Gasteiger partial charge in [0.25, 0.3) is 0 Å². The van der Waals surface area contributed by atoms with Crippen LogP contribution in [0.15, 0.2) is 18.3 Å². The van der Waals surface area contributed by atoms with Crippen molar-refractivity contribution in [3.05, 3.63) is 24.2 Å². The van der Waals surface area contributed by atoms with E-state index in [-0.39, 0.29) is 0 Å². The summed E-state index contributed by atoms with van der Waals surface area (Å²) in [5.74, 6) is 0.771. The lowest BCUT2D eigenvalue weighted by Gasteiger charge is -1.94. The molecule has 0 saturated heterocycles. The predicted octanol–water partition coefficient (Wildman–Crippen LogP) is 1.14. The molecular weight excluding hydrogens is 224 g/mol. The summed E-state index contributed by atoms with van der Waals surface area (Å²) < 4.78 is 1.71. The third-order valence-corrected chi connectivity index (χ3v) is 3.07. The number of fused-ring (bicyclic) bond motifs is 1. The average molecular weight is 232 g/mol. The molecule has 3 rings (SSSR count). The van der Waals surface area contributed by atoms with Gasteiger partial charge in [0.15, 0.2) is 10.8 Å². The first-order valence-electron chi connectivity index (χ1n) is 4.65. The van der Waals surface area contributed by atoms with E-state index in [2.05, 4.69) is 20.3 Å². The van der Waals surface area contributed by atoms with Crippen LogP contribution in [-0.2, 0) is 0 Å². The van der Waals surface area contributed by atoms with Crippen LogP contribution in [0.2, 0.25) is 0 Å². The Kier molecular flexibility index (Phi) is 1.87. The number of nitrogens with two attached hydrogens (primary N) is 1. The van der Waals surface area contributed by atoms with Crippen LogP contribution in [0.5, 0.6) is 0 Å². The smallest absolute Gasteiger partial charge is 0.235 e. The monoisotopic (exact) mass is 232 g/mol. The Morgan fingerprint density at radius 3 is 2.88 bits per heavy atom. The Balaban J connectivity index is 2.15. The largest absolute Gasteiger partial charge is 0.397 e. The van der Waals surface area contributed by atoms with Crippen LogP contribution in [0.1, 0.15) is 5.82 Å². The van der Waals surface area contributed by atoms with Gasteiger partial charge in [-0.3, -0.25) is 4.98 Å². The van der Waals surface area contributed by atoms with E-state index >= 15 is 0 Å². The Bertz CT molecular complexity index is 638. The number of nitrogens with zero attached hydrogens (tertiary/aromatic N) is 5. The molecule has 0 aliphatic rings. The van der Waals surface area contributed by atoms with Crippen molar-refractivity contribution in [1.82, 2.24) is 24.8 Å². The molecule has 0 fully saturated rings. The van der Waals surface area contributed by atoms with E-state index < -0.39 is 0 Å². The van der Waals surface area contributed by atoms with Gasteiger partial charge in [0, 0.05) is 0 Å². The fourth-order valence-corrected chi connectivity index (χ4v) is 2.21. The minimum Gasteiger partial charge on any atom is -0.397 e. The Morgan fingerprint density at radius 2 is 2.19 bits per heavy atom. The lowest BCUT2D eigenvalue weighted by atomic mass is 10.3. The maximum absolute atomic E-state index is 5.58. The molecule has 0 radical (unpaired) electrons. The van der Waals surface area contributed by atoms with E-state index in [0.29, 0.717) is 5.69 Å². The second-order valence-electron chi connectivity index (χ2n) is 3.33. The zero-order chi connectivity index (χ0) is 11.1. The van der Waals surface area contributed by atoms with Gasteiger partial charge in [-0.05, 0) is 19.1 Å². The minimum atomic E-state index is 0.642. The summed E-state index contributed by atoms with van der Waals surface area (Å²) in [6.07, 6.45) is 1.62. The molecule has 0 spiro atoms. The zero-order valence-electron chi connectivity index (χ0n) is 8.45. The molecule has 2 N–H and O–H groups in total. The van der Waals surface area contributed by atoms with Crippen LogP contribution in [-0.4, -0.2) is 24.8 Å². The highest BCUT2D eigenvalue weighted by Gasteiger charge is 2.10. The SMILES string of the molecule is Cc1nnc2sc(-c3ccc(N)cn3)nn12. The summed E-state index contributed by atoms with van der Waals surface area (Å²) in [6.45, 7) is 1.86. The summed E-state index contributed by atoms with van der Waals surface area (Å²) >= 11 is 1.45. The predicted molar refractivity (Wildman–Crippen MR) is 61.0 cm³/mol. The highest BCUT2D eigenvalue weighted by atomic mass is 32.1. The second kappa shape index (κ2) is 3.24. The topological polar surface area (TPSA) is 82.0 Å². The van der Waals surface area contributed by atoms with Crippen molar-refractivity contribution >= 4 is 22.0 Å². The first kappa shape index (κ1) is 9.22. The first-order valence-corrected chi connectivity index (χ1v) is 5.46. The molecule has 3 aromatic rings. The van der Waals surface area contributed by atoms with Gasteiger partial charge in [0.1, 0.15) is 5.69 Å². The molecule has 6 nitrogen and oxygen atoms in total. The molecule has 0 bridgehead atoms. The minimum absolute atomic E-state index is 0.642. The average Bonchev–Trinajstić information content (AvgIpc) is 2.83. The van der Waals surface area contributed by atoms with E-state index in [1.807, 2.05) is 13.0 Å². The first-order chi connectivity index (χ1) is 7.74. The van der Waals surface area contributed by atoms with Gasteiger partial charge in [-0.1, -0.05) is 11.3 Å². The van der Waals surface area contributed by atoms with Crippen LogP contribution in [0.4, 0.5) is 5.69 Å². The molecular formula is C9H8N6S. The molecule has 7 heteroatoms. The fraction of sp³-hybridized carbons (Fsp3) is 0.111. The van der Waals surface area contributed by atoms with E-state index in [4.69, 9.17) is 5.73 Å². The number of hydrogen-bond acceptors (Lipinski definition) is 6. The van der Waals surface area contributed by atoms with Crippen molar-refractivity contribution in [3.63, 3.8) is 0 Å². The number of pyridine rings is 1. The van der Waals surface area contributed by atoms with Crippen molar-refractivity contribution in [1.29, 1.82) is 0 Å². The number of rotatable bonds is 1. The van der Waals surface area contributed by atoms with Gasteiger partial charge in [-0.25, -0.2) is 0 Å². The molecule has 0 aliphatic heterocycles. The van der Waals surface area contributed by atoms with Crippen LogP contribution in [0.3, 0.4) is 0 Å². The Labute approximate surface area is 94.8 Å². The number of aryl methyl sites for hydroxylation is 1. The van der Waals surface area contributed by atoms with E-state index in [0.717, 1.165) is 21.5 Å². The molecule has 0 atom stereocenters. The molecule has 0 aromatic carbocycles. The van der Waals surface area contributed by atoms with Crippen molar-refractivity contribution in [2.24, 2.45) is 0 Å². The van der Waals surface area contributed by atoms with Gasteiger partial charge < -0.3 is 5.73 Å². The molecule has 3 heterocycles. The van der Waals surface area contributed by atoms with Crippen LogP contribution in [0, 0.1) is 6.92 Å². The lowest BCUT2D eigenvalue weighted by molar-refractivity contribution is 0.896. The van der Waals surface area contributed by atoms with Crippen molar-refractivity contribution in [2.45, 2.75) is 6.92 Å². The van der Waals surface area contributed by atoms with E-state index in [1.165, 1.54) is 11.3 Å². The molecule has 80 valence electrons. The van der Waals surface area contributed by atoms with Gasteiger partial charge in [0.05, 0.1) is 11.9 Å². The normalized spacial score (nSPS) is 11.1. The lowest BCUT2D eigenvalue weighted by Crippen LogP contribution is -1.91. The third-order valence-electron chi connectivity index (χ3n) is 2.15. The van der Waals surface area contributed by atoms with E-state index in [1.54, 1.807) is 16.8 Å². The van der Waals surface area contributed by atoms with Crippen LogP contribution in [0.25, 0.3) is 15.7 Å². The highest BCUT2D eigenvalue weighted by Crippen LogP contribution is 2.23. The van der Waals surface area contributed by atoms with E-state index in [9.17, 15) is 0 Å². The summed E-state index contributed by atoms with van der Waals surface area (Å²) in [5, 5.41) is 13.1. The molecule has 3 aromatic heterocycles. The van der Waals surface area contributed by atoms with Crippen LogP contribution >= 0.6 is 11.3 Å². The maximum atomic E-state index is 5.58. The highest BCUT2D eigenvalue weighted by molar-refractivity contribution is 7.19. The second-order valence-corrected chi connectivity index (χ2v) is 4.28. The summed E-state index contributed by atoms with van der Waals surface area (Å²) in [6, 6.07) is 3.65. The zero-order valence-corrected chi connectivity index (χ0v) is 9.27. The Morgan fingerprint density at radius 1 is 1.31 bits per heavy atom. The van der Waals surface area contributed by atoms with Crippen molar-refractivity contribution < 1.29 is 0 Å². The number of aromatic nitrogens is 5. The summed E-state index contributed by atoms with van der Waals surface area (Å²) in [5.41, 5.74) is 7.01. The van der Waals surface area contributed by atoms with Gasteiger partial charge in [0.2, 0.25) is 4.96 Å². The fourth-order valence-electron chi connectivity index (χ4n) is 1.35. The Hall–Kier alpha value is -2.02. The number of anilines is 1. The third kappa shape index (κ3) is 1.33. The van der Waals surface area contributed by atoms with Gasteiger partial charge in [-0.15, -0.1) is 10.2 Å². The van der Waals surface area contributed by atoms with Gasteiger partial charge >= 0.3 is 0 Å². The van der Waals surface area contributed by atoms with Crippen molar-refractivity contribution in [3.8, 4) is 10.7 Å². The van der Waals surface area contributed by atoms with Gasteiger partial charge in [-0.2, -0.15) is 9.61 Å². The quantitative estimate of drug-likeness (QED) is 0.680. The molecule has 16 heavy (non-hydrogen) atoms. The summed E-state index contributed by atoms with van der Waals surface area (Å²) in [7, 11) is 0. The maximum Gasteiger partial charge on any atom is 0.235 e. The van der Waals surface area contributed by atoms with Crippen LogP contribution < -0.4 is 5.73 Å².